The van der Waals surface area contributed by atoms with Crippen molar-refractivity contribution in [2.75, 3.05) is 0 Å². The molecule has 4 nitrogen and oxygen atoms in total. The summed E-state index contributed by atoms with van der Waals surface area (Å²) in [4.78, 5) is 21.1. The topological polar surface area (TPSA) is 80.3 Å². The molecule has 0 atom stereocenters. The van der Waals surface area contributed by atoms with Crippen molar-refractivity contribution in [3.8, 4) is 0 Å². The van der Waals surface area contributed by atoms with Crippen molar-refractivity contribution in [3.63, 3.8) is 0 Å². The third-order valence-corrected chi connectivity index (χ3v) is 4.17. The number of hydrogen-bond acceptors (Lipinski definition) is 4. The van der Waals surface area contributed by atoms with Crippen LogP contribution in [0.1, 0.15) is 96.8 Å². The minimum absolute atomic E-state index is 0. The zero-order valence-electron chi connectivity index (χ0n) is 16.1. The van der Waals surface area contributed by atoms with Crippen molar-refractivity contribution in [1.82, 2.24) is 0 Å². The molecule has 0 amide bonds. The second kappa shape index (κ2) is 22.0. The molecule has 130 valence electrons. The number of carboxylic acids is 2. The van der Waals surface area contributed by atoms with Crippen LogP contribution in [0.25, 0.3) is 0 Å². The van der Waals surface area contributed by atoms with Crippen molar-refractivity contribution in [2.24, 2.45) is 5.92 Å². The Bertz CT molecular complexity index is 285. The summed E-state index contributed by atoms with van der Waals surface area (Å²) >= 11 is 0. The smallest absolute Gasteiger partial charge is 0.549 e. The van der Waals surface area contributed by atoms with Gasteiger partial charge in [0, 0.05) is 5.92 Å². The number of carboxylic acid groups (broad SMARTS) is 2. The molecule has 0 aromatic rings. The molecule has 0 aromatic carbocycles. The Labute approximate surface area is 192 Å². The van der Waals surface area contributed by atoms with E-state index in [1.807, 2.05) is 0 Å². The maximum atomic E-state index is 10.6. The largest absolute Gasteiger partial charge is 1.00 e. The van der Waals surface area contributed by atoms with Gasteiger partial charge in [-0.2, -0.15) is 0 Å². The van der Waals surface area contributed by atoms with Gasteiger partial charge in [-0.3, -0.25) is 0 Å². The van der Waals surface area contributed by atoms with Gasteiger partial charge in [-0.25, -0.2) is 0 Å². The summed E-state index contributed by atoms with van der Waals surface area (Å²) in [5.74, 6) is -4.51. The molecule has 0 saturated carbocycles. The first-order chi connectivity index (χ1) is 10.6. The first kappa shape index (κ1) is 29.7. The Balaban J connectivity index is -0.00000220. The molecule has 0 heterocycles. The molecule has 0 aromatic heterocycles. The quantitative estimate of drug-likeness (QED) is 0.164. The van der Waals surface area contributed by atoms with Gasteiger partial charge in [-0.1, -0.05) is 90.4 Å². The van der Waals surface area contributed by atoms with E-state index in [2.05, 4.69) is 6.92 Å². The number of unbranched alkanes of at least 4 members (excludes halogenated alkanes) is 12. The fourth-order valence-electron chi connectivity index (χ4n) is 2.70. The summed E-state index contributed by atoms with van der Waals surface area (Å²) in [7, 11) is 0. The normalized spacial score (nSPS) is 10.1. The van der Waals surface area contributed by atoms with Crippen LogP contribution >= 0.6 is 0 Å². The molecule has 0 fully saturated rings. The van der Waals surface area contributed by atoms with E-state index in [9.17, 15) is 19.8 Å². The molecule has 0 aliphatic carbocycles. The second-order valence-electron chi connectivity index (χ2n) is 6.22. The van der Waals surface area contributed by atoms with E-state index in [4.69, 9.17) is 0 Å². The minimum Gasteiger partial charge on any atom is -0.549 e. The Hall–Kier alpha value is 0.940. The third-order valence-electron chi connectivity index (χ3n) is 4.17. The van der Waals surface area contributed by atoms with Crippen LogP contribution < -0.4 is 69.3 Å². The minimum atomic E-state index is -1.53. The number of aliphatic carboxylic acids is 2. The van der Waals surface area contributed by atoms with Crippen LogP contribution in [0.5, 0.6) is 0 Å². The molecular weight excluding hydrogens is 326 g/mol. The van der Waals surface area contributed by atoms with Crippen LogP contribution in [0.15, 0.2) is 0 Å². The van der Waals surface area contributed by atoms with Crippen molar-refractivity contribution >= 4 is 11.9 Å². The summed E-state index contributed by atoms with van der Waals surface area (Å²) in [6, 6.07) is 0. The van der Waals surface area contributed by atoms with Gasteiger partial charge in [-0.15, -0.1) is 0 Å². The van der Waals surface area contributed by atoms with Crippen LogP contribution in [0.3, 0.4) is 0 Å². The molecule has 0 rings (SSSR count). The Morgan fingerprint density at radius 3 is 1.21 bits per heavy atom. The zero-order valence-corrected chi connectivity index (χ0v) is 20.1. The molecule has 24 heavy (non-hydrogen) atoms. The van der Waals surface area contributed by atoms with Crippen LogP contribution in [0.2, 0.25) is 0 Å². The number of hydrogen-bond donors (Lipinski definition) is 0. The van der Waals surface area contributed by atoms with Gasteiger partial charge < -0.3 is 19.8 Å². The van der Waals surface area contributed by atoms with E-state index in [1.54, 1.807) is 0 Å². The monoisotopic (exact) mass is 358 g/mol. The van der Waals surface area contributed by atoms with E-state index in [-0.39, 0.29) is 65.5 Å². The van der Waals surface area contributed by atoms with E-state index >= 15 is 0 Å². The van der Waals surface area contributed by atoms with Crippen molar-refractivity contribution in [1.29, 1.82) is 0 Å². The second-order valence-corrected chi connectivity index (χ2v) is 6.22. The fourth-order valence-corrected chi connectivity index (χ4v) is 2.70. The number of carbonyl (C=O) groups is 2. The first-order valence-corrected chi connectivity index (χ1v) is 9.01. The maximum absolute atomic E-state index is 10.6. The zero-order chi connectivity index (χ0) is 16.6. The van der Waals surface area contributed by atoms with Crippen molar-refractivity contribution < 1.29 is 78.9 Å². The molecule has 0 aliphatic heterocycles. The Kier molecular flexibility index (Phi) is 27.2. The first-order valence-electron chi connectivity index (χ1n) is 9.01. The standard InChI is InChI=1S/C18H34O4.2Na/c1-2-3-4-5-6-7-8-9-10-11-12-13-14-15-16(17(19)20)18(21)22;;/h16H,2-15H2,1H3,(H,19,20)(H,21,22);;/q;2*+1/p-2. The van der Waals surface area contributed by atoms with Gasteiger partial charge in [0.25, 0.3) is 0 Å². The molecule has 0 unspecified atom stereocenters. The van der Waals surface area contributed by atoms with Crippen LogP contribution in [0, 0.1) is 5.92 Å². The summed E-state index contributed by atoms with van der Waals surface area (Å²) in [6.07, 6.45) is 15.7. The Morgan fingerprint density at radius 1 is 0.625 bits per heavy atom. The van der Waals surface area contributed by atoms with Gasteiger partial charge >= 0.3 is 59.1 Å². The number of rotatable bonds is 16. The molecule has 0 N–H and O–H groups in total. The fraction of sp³-hybridized carbons (Fsp3) is 0.889. The molecule has 0 bridgehead atoms. The van der Waals surface area contributed by atoms with Gasteiger partial charge in [-0.05, 0) is 6.42 Å². The van der Waals surface area contributed by atoms with Crippen LogP contribution in [-0.2, 0) is 9.59 Å². The maximum Gasteiger partial charge on any atom is 1.00 e. The van der Waals surface area contributed by atoms with E-state index in [0.717, 1.165) is 19.3 Å². The molecule has 0 spiro atoms. The average molecular weight is 358 g/mol. The summed E-state index contributed by atoms with van der Waals surface area (Å²) in [5.41, 5.74) is 0. The van der Waals surface area contributed by atoms with Gasteiger partial charge in [0.1, 0.15) is 0 Å². The summed E-state index contributed by atoms with van der Waals surface area (Å²) in [5, 5.41) is 21.1. The van der Waals surface area contributed by atoms with Gasteiger partial charge in [0.15, 0.2) is 0 Å². The predicted molar refractivity (Wildman–Crippen MR) is 83.8 cm³/mol. The molecule has 6 heteroatoms. The molecular formula is C18H32Na2O4. The Morgan fingerprint density at radius 2 is 0.917 bits per heavy atom. The number of carbonyl (C=O) groups excluding carboxylic acids is 2. The average Bonchev–Trinajstić information content (AvgIpc) is 2.46. The van der Waals surface area contributed by atoms with Crippen molar-refractivity contribution in [3.05, 3.63) is 0 Å². The van der Waals surface area contributed by atoms with E-state index < -0.39 is 17.9 Å². The SMILES string of the molecule is CCCCCCCCCCCCCCCC(C(=O)[O-])C(=O)[O-].[Na+].[Na+]. The predicted octanol–water partition coefficient (Wildman–Crippen LogP) is -3.41. The van der Waals surface area contributed by atoms with Crippen LogP contribution in [0.4, 0.5) is 0 Å². The van der Waals surface area contributed by atoms with Gasteiger partial charge in [0.05, 0.1) is 11.9 Å². The summed E-state index contributed by atoms with van der Waals surface area (Å²) in [6.45, 7) is 2.23. The van der Waals surface area contributed by atoms with Crippen molar-refractivity contribution in [2.45, 2.75) is 96.8 Å². The van der Waals surface area contributed by atoms with E-state index in [0.29, 0.717) is 6.42 Å². The summed E-state index contributed by atoms with van der Waals surface area (Å²) < 4.78 is 0. The van der Waals surface area contributed by atoms with E-state index in [1.165, 1.54) is 57.8 Å². The molecule has 0 aliphatic rings. The van der Waals surface area contributed by atoms with Gasteiger partial charge in [0.2, 0.25) is 0 Å². The molecule has 0 radical (unpaired) electrons. The third kappa shape index (κ3) is 19.3. The van der Waals surface area contributed by atoms with Crippen LogP contribution in [-0.4, -0.2) is 11.9 Å². The molecule has 0 saturated heterocycles.